The number of hydrogen-bond donors (Lipinski definition) is 2. The van der Waals surface area contributed by atoms with Crippen molar-refractivity contribution < 1.29 is 14.3 Å². The van der Waals surface area contributed by atoms with Crippen LogP contribution in [0.15, 0.2) is 16.6 Å². The van der Waals surface area contributed by atoms with Crippen LogP contribution in [-0.4, -0.2) is 39.3 Å². The summed E-state index contributed by atoms with van der Waals surface area (Å²) >= 11 is 3.39. The smallest absolute Gasteiger partial charge is 0.251 e. The lowest BCUT2D eigenvalue weighted by molar-refractivity contribution is 0.0949. The molecule has 1 atom stereocenters. The Morgan fingerprint density at radius 2 is 2.00 bits per heavy atom. The van der Waals surface area contributed by atoms with E-state index < -0.39 is 0 Å². The first-order valence-electron chi connectivity index (χ1n) is 6.58. The lowest BCUT2D eigenvalue weighted by atomic mass is 10.1. The minimum Gasteiger partial charge on any atom is -0.495 e. The highest BCUT2D eigenvalue weighted by molar-refractivity contribution is 9.10. The Bertz CT molecular complexity index is 468. The van der Waals surface area contributed by atoms with E-state index in [1.807, 2.05) is 0 Å². The molecule has 1 aromatic carbocycles. The molecule has 0 aromatic heterocycles. The first-order chi connectivity index (χ1) is 9.65. The summed E-state index contributed by atoms with van der Waals surface area (Å²) in [6.07, 6.45) is 2.27. The van der Waals surface area contributed by atoms with Crippen molar-refractivity contribution in [2.75, 3.05) is 27.3 Å². The molecule has 2 N–H and O–H groups in total. The summed E-state index contributed by atoms with van der Waals surface area (Å²) in [5, 5.41) is 6.28. The maximum Gasteiger partial charge on any atom is 0.251 e. The zero-order valence-electron chi connectivity index (χ0n) is 12.1. The van der Waals surface area contributed by atoms with E-state index in [-0.39, 0.29) is 18.3 Å². The number of amides is 1. The van der Waals surface area contributed by atoms with Crippen molar-refractivity contribution in [1.29, 1.82) is 0 Å². The van der Waals surface area contributed by atoms with Crippen molar-refractivity contribution in [3.63, 3.8) is 0 Å². The normalized spacial score (nSPS) is 17.0. The van der Waals surface area contributed by atoms with E-state index in [0.29, 0.717) is 34.1 Å². The molecule has 0 spiro atoms. The highest BCUT2D eigenvalue weighted by Crippen LogP contribution is 2.35. The van der Waals surface area contributed by atoms with Gasteiger partial charge in [0.1, 0.15) is 16.0 Å². The van der Waals surface area contributed by atoms with Crippen LogP contribution in [0.1, 0.15) is 23.2 Å². The van der Waals surface area contributed by atoms with Gasteiger partial charge in [0.15, 0.2) is 0 Å². The van der Waals surface area contributed by atoms with Gasteiger partial charge in [-0.25, -0.2) is 0 Å². The van der Waals surface area contributed by atoms with Crippen molar-refractivity contribution in [2.24, 2.45) is 0 Å². The van der Waals surface area contributed by atoms with E-state index >= 15 is 0 Å². The summed E-state index contributed by atoms with van der Waals surface area (Å²) in [6, 6.07) is 3.77. The van der Waals surface area contributed by atoms with E-state index in [2.05, 4.69) is 26.6 Å². The lowest BCUT2D eigenvalue weighted by Gasteiger charge is -2.14. The van der Waals surface area contributed by atoms with Crippen molar-refractivity contribution in [1.82, 2.24) is 10.6 Å². The maximum atomic E-state index is 12.2. The van der Waals surface area contributed by atoms with Crippen molar-refractivity contribution >= 4 is 34.2 Å². The molecule has 118 valence electrons. The Morgan fingerprint density at radius 1 is 1.38 bits per heavy atom. The quantitative estimate of drug-likeness (QED) is 0.824. The summed E-state index contributed by atoms with van der Waals surface area (Å²) < 4.78 is 11.2. The molecule has 0 aliphatic carbocycles. The molecule has 1 aromatic rings. The van der Waals surface area contributed by atoms with Gasteiger partial charge in [-0.05, 0) is 47.4 Å². The van der Waals surface area contributed by atoms with E-state index in [1.165, 1.54) is 6.42 Å². The summed E-state index contributed by atoms with van der Waals surface area (Å²) in [7, 11) is 3.12. The highest BCUT2D eigenvalue weighted by atomic mass is 79.9. The van der Waals surface area contributed by atoms with Gasteiger partial charge < -0.3 is 20.1 Å². The first-order valence-corrected chi connectivity index (χ1v) is 7.38. The van der Waals surface area contributed by atoms with Crippen LogP contribution < -0.4 is 20.1 Å². The highest BCUT2D eigenvalue weighted by Gasteiger charge is 2.17. The number of carbonyl (C=O) groups excluding carboxylic acids is 1. The number of nitrogens with one attached hydrogen (secondary N) is 2. The third kappa shape index (κ3) is 4.49. The molecule has 7 heteroatoms. The average Bonchev–Trinajstić information content (AvgIpc) is 2.98. The predicted octanol–water partition coefficient (Wildman–Crippen LogP) is 2.37. The van der Waals surface area contributed by atoms with E-state index in [4.69, 9.17) is 9.47 Å². The van der Waals surface area contributed by atoms with Gasteiger partial charge in [-0.15, -0.1) is 12.4 Å². The number of halogens is 2. The summed E-state index contributed by atoms with van der Waals surface area (Å²) in [6.45, 7) is 1.67. The van der Waals surface area contributed by atoms with Gasteiger partial charge in [-0.2, -0.15) is 0 Å². The maximum absolute atomic E-state index is 12.2. The fourth-order valence-corrected chi connectivity index (χ4v) is 2.80. The van der Waals surface area contributed by atoms with Gasteiger partial charge in [0.25, 0.3) is 5.91 Å². The molecule has 2 rings (SSSR count). The molecule has 1 heterocycles. The van der Waals surface area contributed by atoms with E-state index in [9.17, 15) is 4.79 Å². The van der Waals surface area contributed by atoms with Crippen molar-refractivity contribution in [3.05, 3.63) is 22.2 Å². The van der Waals surface area contributed by atoms with E-state index in [0.717, 1.165) is 13.0 Å². The second-order valence-corrected chi connectivity index (χ2v) is 5.49. The van der Waals surface area contributed by atoms with Crippen LogP contribution in [-0.2, 0) is 0 Å². The Kier molecular flexibility index (Phi) is 7.28. The number of rotatable bonds is 5. The van der Waals surface area contributed by atoms with Gasteiger partial charge in [0.2, 0.25) is 0 Å². The fourth-order valence-electron chi connectivity index (χ4n) is 2.25. The molecule has 1 amide bonds. The Morgan fingerprint density at radius 3 is 2.48 bits per heavy atom. The minimum atomic E-state index is -0.122. The van der Waals surface area contributed by atoms with Crippen LogP contribution in [0.2, 0.25) is 0 Å². The molecule has 0 radical (unpaired) electrons. The molecule has 21 heavy (non-hydrogen) atoms. The van der Waals surface area contributed by atoms with Crippen LogP contribution in [0, 0.1) is 0 Å². The van der Waals surface area contributed by atoms with Crippen LogP contribution >= 0.6 is 28.3 Å². The van der Waals surface area contributed by atoms with Crippen LogP contribution in [0.3, 0.4) is 0 Å². The van der Waals surface area contributed by atoms with Crippen LogP contribution in [0.4, 0.5) is 0 Å². The summed E-state index contributed by atoms with van der Waals surface area (Å²) in [5.41, 5.74) is 0.528. The molecular weight excluding hydrogens is 360 g/mol. The zero-order chi connectivity index (χ0) is 14.5. The number of benzene rings is 1. The Labute approximate surface area is 139 Å². The topological polar surface area (TPSA) is 59.6 Å². The average molecular weight is 380 g/mol. The molecule has 1 aliphatic rings. The monoisotopic (exact) mass is 378 g/mol. The standard InChI is InChI=1S/C14H19BrN2O3.ClH/c1-19-11-6-9(7-12(20-2)13(11)15)14(18)17-8-10-4-3-5-16-10;/h6-7,10,16H,3-5,8H2,1-2H3,(H,17,18);1H. The second-order valence-electron chi connectivity index (χ2n) is 4.70. The molecular formula is C14H20BrClN2O3. The van der Waals surface area contributed by atoms with Gasteiger partial charge in [-0.1, -0.05) is 0 Å². The third-order valence-electron chi connectivity index (χ3n) is 3.38. The van der Waals surface area contributed by atoms with Crippen LogP contribution in [0.5, 0.6) is 11.5 Å². The fraction of sp³-hybridized carbons (Fsp3) is 0.500. The first kappa shape index (κ1) is 18.1. The minimum absolute atomic E-state index is 0. The zero-order valence-corrected chi connectivity index (χ0v) is 14.5. The van der Waals surface area contributed by atoms with Gasteiger partial charge in [0, 0.05) is 18.2 Å². The molecule has 0 bridgehead atoms. The lowest BCUT2D eigenvalue weighted by Crippen LogP contribution is -2.37. The van der Waals surface area contributed by atoms with Gasteiger partial charge in [0.05, 0.1) is 14.2 Å². The molecule has 1 unspecified atom stereocenters. The number of methoxy groups -OCH3 is 2. The Hall–Kier alpha value is -0.980. The number of ether oxygens (including phenoxy) is 2. The molecule has 1 aliphatic heterocycles. The third-order valence-corrected chi connectivity index (χ3v) is 4.16. The SMILES string of the molecule is COc1cc(C(=O)NCC2CCCN2)cc(OC)c1Br.Cl. The van der Waals surface area contributed by atoms with Crippen molar-refractivity contribution in [3.8, 4) is 11.5 Å². The molecule has 0 saturated carbocycles. The summed E-state index contributed by atoms with van der Waals surface area (Å²) in [5.74, 6) is 1.03. The van der Waals surface area contributed by atoms with Gasteiger partial charge >= 0.3 is 0 Å². The van der Waals surface area contributed by atoms with Crippen LogP contribution in [0.25, 0.3) is 0 Å². The van der Waals surface area contributed by atoms with Crippen molar-refractivity contribution in [2.45, 2.75) is 18.9 Å². The molecule has 1 saturated heterocycles. The number of carbonyl (C=O) groups is 1. The second kappa shape index (κ2) is 8.46. The predicted molar refractivity (Wildman–Crippen MR) is 87.9 cm³/mol. The molecule has 1 fully saturated rings. The largest absolute Gasteiger partial charge is 0.495 e. The molecule has 5 nitrogen and oxygen atoms in total. The van der Waals surface area contributed by atoms with E-state index in [1.54, 1.807) is 26.4 Å². The summed E-state index contributed by atoms with van der Waals surface area (Å²) in [4.78, 5) is 12.2. The number of hydrogen-bond acceptors (Lipinski definition) is 4. The Balaban J connectivity index is 0.00000220. The van der Waals surface area contributed by atoms with Gasteiger partial charge in [-0.3, -0.25) is 4.79 Å².